The molecule has 0 aliphatic carbocycles. The van der Waals surface area contributed by atoms with Crippen molar-refractivity contribution in [2.45, 2.75) is 20.8 Å². The van der Waals surface area contributed by atoms with Gasteiger partial charge >= 0.3 is 0 Å². The predicted molar refractivity (Wildman–Crippen MR) is 130 cm³/mol. The molecule has 2 N–H and O–H groups in total. The third-order valence-corrected chi connectivity index (χ3v) is 5.21. The number of anilines is 1. The minimum absolute atomic E-state index is 0.177. The number of benzene rings is 3. The lowest BCUT2D eigenvalue weighted by atomic mass is 10.1. The predicted octanol–water partition coefficient (Wildman–Crippen LogP) is 5.56. The third kappa shape index (κ3) is 4.48. The largest absolute Gasteiger partial charge is 0.496 e. The maximum atomic E-state index is 12.7. The van der Waals surface area contributed by atoms with E-state index in [9.17, 15) is 4.79 Å². The normalized spacial score (nSPS) is 10.8. The van der Waals surface area contributed by atoms with Crippen molar-refractivity contribution < 1.29 is 13.9 Å². The molecule has 0 aliphatic heterocycles. The van der Waals surface area contributed by atoms with E-state index in [1.165, 1.54) is 7.11 Å². The molecule has 1 amide bonds. The summed E-state index contributed by atoms with van der Waals surface area (Å²) >= 11 is 5.33. The first-order valence-corrected chi connectivity index (χ1v) is 10.5. The molecule has 1 aromatic heterocycles. The number of nitrogens with zero attached hydrogens (tertiary/aromatic N) is 1. The van der Waals surface area contributed by atoms with Crippen LogP contribution in [0.25, 0.3) is 22.6 Å². The van der Waals surface area contributed by atoms with Crippen molar-refractivity contribution in [3.8, 4) is 17.2 Å². The van der Waals surface area contributed by atoms with Crippen LogP contribution >= 0.6 is 12.2 Å². The Labute approximate surface area is 191 Å². The van der Waals surface area contributed by atoms with E-state index >= 15 is 0 Å². The quantitative estimate of drug-likeness (QED) is 0.401. The molecule has 0 aliphatic rings. The number of hydrogen-bond acceptors (Lipinski definition) is 5. The van der Waals surface area contributed by atoms with Crippen LogP contribution in [0.15, 0.2) is 59.0 Å². The van der Waals surface area contributed by atoms with E-state index in [2.05, 4.69) is 21.7 Å². The fourth-order valence-corrected chi connectivity index (χ4v) is 3.87. The van der Waals surface area contributed by atoms with Gasteiger partial charge in [0.25, 0.3) is 5.91 Å². The van der Waals surface area contributed by atoms with Gasteiger partial charge in [-0.2, -0.15) is 0 Å². The first-order valence-electron chi connectivity index (χ1n) is 10.1. The number of methoxy groups -OCH3 is 1. The number of aryl methyl sites for hydroxylation is 3. The van der Waals surface area contributed by atoms with Crippen LogP contribution in [0, 0.1) is 20.8 Å². The molecule has 0 bridgehead atoms. The highest BCUT2D eigenvalue weighted by Crippen LogP contribution is 2.28. The fourth-order valence-electron chi connectivity index (χ4n) is 3.66. The first kappa shape index (κ1) is 21.5. The zero-order chi connectivity index (χ0) is 22.8. The highest BCUT2D eigenvalue weighted by molar-refractivity contribution is 7.80. The summed E-state index contributed by atoms with van der Waals surface area (Å²) in [6.45, 7) is 5.97. The molecule has 0 radical (unpaired) electrons. The standard InChI is InChI=1S/C25H23N3O3S/c1-14-10-15(2)12-17(11-14)24-27-20-13-18(8-9-21(20)31-24)26-25(32)28-23(29)19-7-5-6-16(3)22(19)30-4/h5-13H,1-4H3,(H2,26,28,29,32). The summed E-state index contributed by atoms with van der Waals surface area (Å²) < 4.78 is 11.3. The molecule has 7 heteroatoms. The topological polar surface area (TPSA) is 76.4 Å². The molecule has 162 valence electrons. The van der Waals surface area contributed by atoms with Gasteiger partial charge in [-0.1, -0.05) is 29.3 Å². The number of thiocarbonyl (C=S) groups is 1. The number of ether oxygens (including phenoxy) is 1. The van der Waals surface area contributed by atoms with Crippen molar-refractivity contribution in [2.75, 3.05) is 12.4 Å². The zero-order valence-corrected chi connectivity index (χ0v) is 19.1. The van der Waals surface area contributed by atoms with E-state index < -0.39 is 0 Å². The van der Waals surface area contributed by atoms with Gasteiger partial charge in [0.1, 0.15) is 11.3 Å². The van der Waals surface area contributed by atoms with Crippen molar-refractivity contribution >= 4 is 40.0 Å². The summed E-state index contributed by atoms with van der Waals surface area (Å²) in [7, 11) is 1.54. The lowest BCUT2D eigenvalue weighted by molar-refractivity contribution is 0.0974. The van der Waals surface area contributed by atoms with Gasteiger partial charge in [-0.3, -0.25) is 10.1 Å². The van der Waals surface area contributed by atoms with Crippen LogP contribution in [0.5, 0.6) is 5.75 Å². The molecule has 6 nitrogen and oxygen atoms in total. The van der Waals surface area contributed by atoms with Crippen molar-refractivity contribution in [3.63, 3.8) is 0 Å². The van der Waals surface area contributed by atoms with E-state index in [0.717, 1.165) is 22.3 Å². The minimum Gasteiger partial charge on any atom is -0.496 e. The van der Waals surface area contributed by atoms with Crippen molar-refractivity contribution in [1.29, 1.82) is 0 Å². The summed E-state index contributed by atoms with van der Waals surface area (Å²) in [5, 5.41) is 5.90. The van der Waals surface area contributed by atoms with Crippen LogP contribution in [0.4, 0.5) is 5.69 Å². The highest BCUT2D eigenvalue weighted by atomic mass is 32.1. The number of nitrogens with one attached hydrogen (secondary N) is 2. The lowest BCUT2D eigenvalue weighted by Gasteiger charge is -2.13. The van der Waals surface area contributed by atoms with E-state index in [0.29, 0.717) is 34.0 Å². The van der Waals surface area contributed by atoms with Gasteiger partial charge in [-0.25, -0.2) is 4.98 Å². The van der Waals surface area contributed by atoms with Crippen LogP contribution in [-0.4, -0.2) is 23.1 Å². The van der Waals surface area contributed by atoms with Crippen LogP contribution in [0.2, 0.25) is 0 Å². The molecule has 32 heavy (non-hydrogen) atoms. The Balaban J connectivity index is 1.51. The van der Waals surface area contributed by atoms with Crippen LogP contribution < -0.4 is 15.4 Å². The van der Waals surface area contributed by atoms with Crippen molar-refractivity contribution in [3.05, 3.63) is 76.9 Å². The third-order valence-electron chi connectivity index (χ3n) is 5.00. The minimum atomic E-state index is -0.345. The van der Waals surface area contributed by atoms with E-state index in [1.807, 2.05) is 57.2 Å². The lowest BCUT2D eigenvalue weighted by Crippen LogP contribution is -2.34. The number of oxazole rings is 1. The van der Waals surface area contributed by atoms with Gasteiger partial charge < -0.3 is 14.5 Å². The monoisotopic (exact) mass is 445 g/mol. The zero-order valence-electron chi connectivity index (χ0n) is 18.3. The molecular weight excluding hydrogens is 422 g/mol. The molecule has 0 saturated carbocycles. The summed E-state index contributed by atoms with van der Waals surface area (Å²) in [5.74, 6) is 0.741. The Bertz CT molecular complexity index is 1320. The molecule has 0 spiro atoms. The second-order valence-electron chi connectivity index (χ2n) is 7.64. The summed E-state index contributed by atoms with van der Waals surface area (Å²) in [4.78, 5) is 17.3. The first-order chi connectivity index (χ1) is 15.3. The second kappa shape index (κ2) is 8.80. The fraction of sp³-hybridized carbons (Fsp3) is 0.160. The van der Waals surface area contributed by atoms with Gasteiger partial charge in [0.05, 0.1) is 12.7 Å². The molecular formula is C25H23N3O3S. The summed E-state index contributed by atoms with van der Waals surface area (Å²) in [6.07, 6.45) is 0. The molecule has 0 unspecified atom stereocenters. The molecule has 0 atom stereocenters. The molecule has 1 heterocycles. The Morgan fingerprint density at radius 2 is 1.78 bits per heavy atom. The van der Waals surface area contributed by atoms with E-state index in [-0.39, 0.29) is 11.0 Å². The molecule has 0 fully saturated rings. The Hall–Kier alpha value is -3.71. The van der Waals surface area contributed by atoms with Gasteiger partial charge in [0.2, 0.25) is 5.89 Å². The number of amides is 1. The van der Waals surface area contributed by atoms with E-state index in [4.69, 9.17) is 21.4 Å². The Kier molecular flexibility index (Phi) is 5.92. The summed E-state index contributed by atoms with van der Waals surface area (Å²) in [6, 6.07) is 17.0. The maximum absolute atomic E-state index is 12.7. The highest BCUT2D eigenvalue weighted by Gasteiger charge is 2.16. The number of aromatic nitrogens is 1. The average Bonchev–Trinajstić information content (AvgIpc) is 3.16. The van der Waals surface area contributed by atoms with E-state index in [1.54, 1.807) is 12.1 Å². The van der Waals surface area contributed by atoms with Gasteiger partial charge in [-0.15, -0.1) is 0 Å². The number of para-hydroxylation sites is 1. The Morgan fingerprint density at radius 1 is 1.03 bits per heavy atom. The SMILES string of the molecule is COc1c(C)cccc1C(=O)NC(=S)Nc1ccc2oc(-c3cc(C)cc(C)c3)nc2c1. The van der Waals surface area contributed by atoms with Crippen molar-refractivity contribution in [2.24, 2.45) is 0 Å². The van der Waals surface area contributed by atoms with Gasteiger partial charge in [0.15, 0.2) is 10.7 Å². The maximum Gasteiger partial charge on any atom is 0.261 e. The van der Waals surface area contributed by atoms with Gasteiger partial charge in [-0.05, 0) is 75.0 Å². The van der Waals surface area contributed by atoms with Crippen LogP contribution in [0.1, 0.15) is 27.0 Å². The second-order valence-corrected chi connectivity index (χ2v) is 8.05. The summed E-state index contributed by atoms with van der Waals surface area (Å²) in [5.41, 5.74) is 6.58. The number of hydrogen-bond donors (Lipinski definition) is 2. The van der Waals surface area contributed by atoms with Crippen LogP contribution in [-0.2, 0) is 0 Å². The number of rotatable bonds is 4. The number of fused-ring (bicyclic) bond motifs is 1. The van der Waals surface area contributed by atoms with Gasteiger partial charge in [0, 0.05) is 11.3 Å². The average molecular weight is 446 g/mol. The Morgan fingerprint density at radius 3 is 2.50 bits per heavy atom. The number of carbonyl (C=O) groups excluding carboxylic acids is 1. The number of carbonyl (C=O) groups is 1. The molecule has 3 aromatic carbocycles. The molecule has 0 saturated heterocycles. The molecule has 4 aromatic rings. The smallest absolute Gasteiger partial charge is 0.261 e. The van der Waals surface area contributed by atoms with Crippen molar-refractivity contribution in [1.82, 2.24) is 10.3 Å². The van der Waals surface area contributed by atoms with Crippen LogP contribution in [0.3, 0.4) is 0 Å². The molecule has 4 rings (SSSR count).